The minimum atomic E-state index is -0.341. The van der Waals surface area contributed by atoms with Crippen LogP contribution >= 0.6 is 0 Å². The molecule has 0 heterocycles. The summed E-state index contributed by atoms with van der Waals surface area (Å²) in [7, 11) is 4.21. The standard InChI is InChI=1S/C27H33NO2/c1-28(2)13-14-30-24(29)27-17-21-15-25(19-27,22-9-5-3-6-10-22)18-26(16-21,20-27)23-11-7-4-8-12-23/h3-12,21H,13-20H2,1-2H3/p+1. The van der Waals surface area contributed by atoms with Gasteiger partial charge in [-0.05, 0) is 66.4 Å². The number of benzene rings is 2. The van der Waals surface area contributed by atoms with E-state index in [4.69, 9.17) is 4.74 Å². The molecule has 0 aliphatic heterocycles. The van der Waals surface area contributed by atoms with Gasteiger partial charge in [-0.15, -0.1) is 0 Å². The number of esters is 1. The van der Waals surface area contributed by atoms with Gasteiger partial charge in [-0.25, -0.2) is 0 Å². The van der Waals surface area contributed by atoms with Gasteiger partial charge in [-0.1, -0.05) is 60.7 Å². The number of carbonyl (C=O) groups is 1. The van der Waals surface area contributed by atoms with Crippen LogP contribution in [0.15, 0.2) is 60.7 Å². The summed E-state index contributed by atoms with van der Waals surface area (Å²) < 4.78 is 5.94. The van der Waals surface area contributed by atoms with Crippen molar-refractivity contribution in [2.75, 3.05) is 27.2 Å². The van der Waals surface area contributed by atoms with Crippen LogP contribution in [-0.2, 0) is 20.4 Å². The van der Waals surface area contributed by atoms with Gasteiger partial charge >= 0.3 is 5.97 Å². The number of quaternary nitrogens is 1. The second-order valence-corrected chi connectivity index (χ2v) is 10.7. The molecule has 158 valence electrons. The average molecular weight is 405 g/mol. The van der Waals surface area contributed by atoms with E-state index in [0.29, 0.717) is 12.5 Å². The van der Waals surface area contributed by atoms with Crippen LogP contribution in [0, 0.1) is 11.3 Å². The monoisotopic (exact) mass is 404 g/mol. The molecule has 2 atom stereocenters. The summed E-state index contributed by atoms with van der Waals surface area (Å²) in [6.07, 6.45) is 6.47. The van der Waals surface area contributed by atoms with Gasteiger partial charge in [0.25, 0.3) is 0 Å². The molecule has 0 saturated heterocycles. The number of hydrogen-bond acceptors (Lipinski definition) is 2. The summed E-state index contributed by atoms with van der Waals surface area (Å²) in [5.41, 5.74) is 2.67. The van der Waals surface area contributed by atoms with Crippen LogP contribution in [0.1, 0.15) is 49.7 Å². The smallest absolute Gasteiger partial charge is 0.312 e. The summed E-state index contributed by atoms with van der Waals surface area (Å²) in [6, 6.07) is 22.0. The first kappa shape index (κ1) is 19.8. The zero-order valence-electron chi connectivity index (χ0n) is 18.3. The van der Waals surface area contributed by atoms with Crippen LogP contribution in [0.2, 0.25) is 0 Å². The summed E-state index contributed by atoms with van der Waals surface area (Å²) in [5.74, 6) is 0.655. The lowest BCUT2D eigenvalue weighted by Crippen LogP contribution is -3.06. The molecule has 4 fully saturated rings. The minimum absolute atomic E-state index is 0.0634. The Morgan fingerprint density at radius 1 is 0.867 bits per heavy atom. The van der Waals surface area contributed by atoms with Crippen molar-refractivity contribution in [1.82, 2.24) is 0 Å². The SMILES string of the molecule is C[NH+](C)CCOC(=O)C12CC3CC(c4ccccc4)(C1)CC(c1ccccc1)(C3)C2. The van der Waals surface area contributed by atoms with Crippen molar-refractivity contribution in [1.29, 1.82) is 0 Å². The number of carbonyl (C=O) groups excluding carboxylic acids is 1. The lowest BCUT2D eigenvalue weighted by Gasteiger charge is -2.66. The maximum Gasteiger partial charge on any atom is 0.312 e. The quantitative estimate of drug-likeness (QED) is 0.747. The molecule has 0 radical (unpaired) electrons. The molecule has 2 aromatic carbocycles. The predicted molar refractivity (Wildman–Crippen MR) is 119 cm³/mol. The molecule has 4 aliphatic rings. The highest BCUT2D eigenvalue weighted by atomic mass is 16.5. The number of ether oxygens (including phenoxy) is 1. The van der Waals surface area contributed by atoms with Crippen molar-refractivity contribution >= 4 is 5.97 Å². The molecule has 4 bridgehead atoms. The van der Waals surface area contributed by atoms with Gasteiger partial charge in [0, 0.05) is 0 Å². The van der Waals surface area contributed by atoms with Gasteiger partial charge in [0.2, 0.25) is 0 Å². The van der Waals surface area contributed by atoms with Crippen molar-refractivity contribution in [3.63, 3.8) is 0 Å². The highest BCUT2D eigenvalue weighted by Crippen LogP contribution is 2.70. The molecular weight excluding hydrogens is 370 g/mol. The Hall–Kier alpha value is -2.13. The third-order valence-corrected chi connectivity index (χ3v) is 8.11. The number of nitrogens with one attached hydrogen (secondary N) is 1. The van der Waals surface area contributed by atoms with Crippen LogP contribution in [0.3, 0.4) is 0 Å². The first-order chi connectivity index (χ1) is 14.5. The van der Waals surface area contributed by atoms with E-state index in [2.05, 4.69) is 74.8 Å². The average Bonchev–Trinajstić information content (AvgIpc) is 2.74. The second kappa shape index (κ2) is 7.23. The summed E-state index contributed by atoms with van der Waals surface area (Å²) in [5, 5.41) is 0. The Labute approximate surface area is 180 Å². The van der Waals surface area contributed by atoms with Crippen LogP contribution in [0.4, 0.5) is 0 Å². The minimum Gasteiger partial charge on any atom is -0.459 e. The largest absolute Gasteiger partial charge is 0.459 e. The van der Waals surface area contributed by atoms with Crippen molar-refractivity contribution in [3.05, 3.63) is 71.8 Å². The molecule has 30 heavy (non-hydrogen) atoms. The molecule has 2 unspecified atom stereocenters. The van der Waals surface area contributed by atoms with Gasteiger partial charge in [0.1, 0.15) is 13.2 Å². The molecule has 0 spiro atoms. The van der Waals surface area contributed by atoms with Gasteiger partial charge in [0.15, 0.2) is 0 Å². The van der Waals surface area contributed by atoms with Crippen molar-refractivity contribution in [2.45, 2.75) is 49.4 Å². The molecule has 6 rings (SSSR count). The number of rotatable bonds is 6. The van der Waals surface area contributed by atoms with E-state index in [9.17, 15) is 4.79 Å². The van der Waals surface area contributed by atoms with E-state index < -0.39 is 0 Å². The van der Waals surface area contributed by atoms with E-state index in [-0.39, 0.29) is 22.2 Å². The Kier molecular flexibility index (Phi) is 4.77. The molecule has 4 aliphatic carbocycles. The van der Waals surface area contributed by atoms with E-state index in [1.807, 2.05) is 0 Å². The van der Waals surface area contributed by atoms with Gasteiger partial charge in [-0.2, -0.15) is 0 Å². The van der Waals surface area contributed by atoms with E-state index >= 15 is 0 Å². The van der Waals surface area contributed by atoms with Crippen molar-refractivity contribution < 1.29 is 14.4 Å². The molecule has 1 N–H and O–H groups in total. The zero-order chi connectivity index (χ0) is 20.8. The Bertz CT molecular complexity index is 851. The lowest BCUT2D eigenvalue weighted by molar-refractivity contribution is -0.858. The summed E-state index contributed by atoms with van der Waals surface area (Å²) in [6.45, 7) is 1.38. The van der Waals surface area contributed by atoms with Crippen LogP contribution in [0.5, 0.6) is 0 Å². The molecule has 0 amide bonds. The summed E-state index contributed by atoms with van der Waals surface area (Å²) in [4.78, 5) is 14.9. The van der Waals surface area contributed by atoms with Gasteiger partial charge in [-0.3, -0.25) is 4.79 Å². The maximum absolute atomic E-state index is 13.6. The van der Waals surface area contributed by atoms with Gasteiger partial charge < -0.3 is 9.64 Å². The fourth-order valence-corrected chi connectivity index (χ4v) is 7.39. The van der Waals surface area contributed by atoms with E-state index in [1.54, 1.807) is 0 Å². The zero-order valence-corrected chi connectivity index (χ0v) is 18.3. The molecule has 3 heteroatoms. The van der Waals surface area contributed by atoms with Crippen LogP contribution in [0.25, 0.3) is 0 Å². The highest BCUT2D eigenvalue weighted by Gasteiger charge is 2.66. The molecule has 0 aromatic heterocycles. The van der Waals surface area contributed by atoms with Crippen LogP contribution < -0.4 is 4.90 Å². The third-order valence-electron chi connectivity index (χ3n) is 8.11. The predicted octanol–water partition coefficient (Wildman–Crippen LogP) is 3.53. The van der Waals surface area contributed by atoms with Crippen LogP contribution in [-0.4, -0.2) is 33.2 Å². The normalized spacial score (nSPS) is 34.3. The molecule has 2 aromatic rings. The second-order valence-electron chi connectivity index (χ2n) is 10.7. The van der Waals surface area contributed by atoms with Crippen molar-refractivity contribution in [3.8, 4) is 0 Å². The third kappa shape index (κ3) is 3.19. The number of hydrogen-bond donors (Lipinski definition) is 1. The molecular formula is C27H34NO2+. The van der Waals surface area contributed by atoms with E-state index in [0.717, 1.165) is 32.2 Å². The first-order valence-corrected chi connectivity index (χ1v) is 11.5. The fourth-order valence-electron chi connectivity index (χ4n) is 7.39. The maximum atomic E-state index is 13.6. The molecule has 4 saturated carbocycles. The topological polar surface area (TPSA) is 30.7 Å². The highest BCUT2D eigenvalue weighted by molar-refractivity contribution is 5.78. The first-order valence-electron chi connectivity index (χ1n) is 11.5. The Morgan fingerprint density at radius 3 is 1.90 bits per heavy atom. The Balaban J connectivity index is 1.55. The number of likely N-dealkylation sites (N-methyl/N-ethyl adjacent to an activating group) is 1. The fraction of sp³-hybridized carbons (Fsp3) is 0.519. The van der Waals surface area contributed by atoms with Gasteiger partial charge in [0.05, 0.1) is 19.5 Å². The van der Waals surface area contributed by atoms with Crippen molar-refractivity contribution in [2.24, 2.45) is 11.3 Å². The van der Waals surface area contributed by atoms with E-state index in [1.165, 1.54) is 28.9 Å². The Morgan fingerprint density at radius 2 is 1.40 bits per heavy atom. The lowest BCUT2D eigenvalue weighted by atomic mass is 9.37. The molecule has 3 nitrogen and oxygen atoms in total. The summed E-state index contributed by atoms with van der Waals surface area (Å²) >= 11 is 0.